The van der Waals surface area contributed by atoms with Crippen molar-refractivity contribution in [3.05, 3.63) is 94.3 Å². The molecule has 0 radical (unpaired) electrons. The Morgan fingerprint density at radius 2 is 1.52 bits per heavy atom. The van der Waals surface area contributed by atoms with Crippen LogP contribution in [0, 0.1) is 20.8 Å². The zero-order chi connectivity index (χ0) is 22.1. The smallest absolute Gasteiger partial charge is 0.340 e. The molecule has 4 rings (SSSR count). The number of ketones is 1. The molecule has 0 N–H and O–H groups in total. The predicted octanol–water partition coefficient (Wildman–Crippen LogP) is 4.67. The summed E-state index contributed by atoms with van der Waals surface area (Å²) in [6.45, 7) is 5.77. The van der Waals surface area contributed by atoms with E-state index >= 15 is 0 Å². The number of esters is 1. The van der Waals surface area contributed by atoms with Gasteiger partial charge >= 0.3 is 5.97 Å². The third-order valence-electron chi connectivity index (χ3n) is 5.28. The Balaban J connectivity index is 1.69. The molecule has 1 atom stereocenters. The van der Waals surface area contributed by atoms with E-state index in [1.165, 1.54) is 6.20 Å². The molecule has 4 aromatic rings. The molecule has 0 saturated heterocycles. The number of aryl methyl sites for hydroxylation is 4. The van der Waals surface area contributed by atoms with Gasteiger partial charge in [-0.15, -0.1) is 0 Å². The number of nitrogens with zero attached hydrogens (tertiary/aromatic N) is 3. The van der Waals surface area contributed by atoms with Crippen molar-refractivity contribution in [2.45, 2.75) is 26.9 Å². The highest BCUT2D eigenvalue weighted by atomic mass is 16.5. The summed E-state index contributed by atoms with van der Waals surface area (Å²) in [6.07, 6.45) is 0.399. The van der Waals surface area contributed by atoms with Gasteiger partial charge in [0.25, 0.3) is 0 Å². The second kappa shape index (κ2) is 8.14. The molecular weight excluding hydrogens is 390 g/mol. The molecule has 0 saturated carbocycles. The van der Waals surface area contributed by atoms with Crippen molar-refractivity contribution in [1.82, 2.24) is 14.8 Å². The van der Waals surface area contributed by atoms with Crippen molar-refractivity contribution >= 4 is 22.8 Å². The molecule has 156 valence electrons. The number of aromatic nitrogens is 3. The average Bonchev–Trinajstić information content (AvgIpc) is 3.05. The topological polar surface area (TPSA) is 74.1 Å². The molecule has 2 aromatic carbocycles. The minimum absolute atomic E-state index is 0.274. The fraction of sp³-hybridized carbons (Fsp3) is 0.200. The van der Waals surface area contributed by atoms with Crippen LogP contribution in [0.15, 0.2) is 60.8 Å². The summed E-state index contributed by atoms with van der Waals surface area (Å²) in [6, 6.07) is 16.3. The molecule has 0 fully saturated rings. The number of hydrogen-bond acceptors (Lipinski definition) is 5. The molecular formula is C25H23N3O3. The minimum atomic E-state index is -1.05. The zero-order valence-corrected chi connectivity index (χ0v) is 17.9. The van der Waals surface area contributed by atoms with Crippen LogP contribution in [-0.4, -0.2) is 26.5 Å². The first kappa shape index (κ1) is 20.5. The van der Waals surface area contributed by atoms with E-state index in [1.807, 2.05) is 57.2 Å². The van der Waals surface area contributed by atoms with Crippen molar-refractivity contribution in [3.63, 3.8) is 0 Å². The summed E-state index contributed by atoms with van der Waals surface area (Å²) in [5, 5.41) is 5.10. The zero-order valence-electron chi connectivity index (χ0n) is 17.9. The van der Waals surface area contributed by atoms with Crippen LogP contribution in [0.1, 0.15) is 49.2 Å². The standard InChI is InChI=1S/C25H23N3O3/c1-15-5-9-18(10-6-15)22(29)23(19-11-7-16(2)8-12-19)31-25(30)20-13-21-17(3)27-28(4)24(21)26-14-20/h5-14,23H,1-4H3. The van der Waals surface area contributed by atoms with E-state index in [9.17, 15) is 9.59 Å². The van der Waals surface area contributed by atoms with E-state index in [4.69, 9.17) is 4.74 Å². The van der Waals surface area contributed by atoms with Crippen molar-refractivity contribution in [2.24, 2.45) is 7.05 Å². The lowest BCUT2D eigenvalue weighted by atomic mass is 9.98. The third-order valence-corrected chi connectivity index (χ3v) is 5.28. The van der Waals surface area contributed by atoms with Crippen molar-refractivity contribution in [1.29, 1.82) is 0 Å². The maximum absolute atomic E-state index is 13.3. The molecule has 31 heavy (non-hydrogen) atoms. The monoisotopic (exact) mass is 413 g/mol. The van der Waals surface area contributed by atoms with Gasteiger partial charge in [0.2, 0.25) is 5.78 Å². The molecule has 0 spiro atoms. The summed E-state index contributed by atoms with van der Waals surface area (Å²) >= 11 is 0. The average molecular weight is 413 g/mol. The van der Waals surface area contributed by atoms with Crippen LogP contribution in [0.3, 0.4) is 0 Å². The number of carbonyl (C=O) groups is 2. The van der Waals surface area contributed by atoms with Crippen LogP contribution in [0.25, 0.3) is 11.0 Å². The highest BCUT2D eigenvalue weighted by Crippen LogP contribution is 2.26. The normalized spacial score (nSPS) is 12.0. The van der Waals surface area contributed by atoms with E-state index in [-0.39, 0.29) is 11.3 Å². The van der Waals surface area contributed by atoms with E-state index < -0.39 is 12.1 Å². The molecule has 0 aliphatic heterocycles. The van der Waals surface area contributed by atoms with E-state index in [1.54, 1.807) is 29.9 Å². The summed E-state index contributed by atoms with van der Waals surface area (Å²) in [4.78, 5) is 30.6. The lowest BCUT2D eigenvalue weighted by Crippen LogP contribution is -2.20. The molecule has 2 aromatic heterocycles. The van der Waals surface area contributed by atoms with Crippen LogP contribution in [-0.2, 0) is 11.8 Å². The Bertz CT molecular complexity index is 1270. The summed E-state index contributed by atoms with van der Waals surface area (Å²) in [7, 11) is 1.80. The summed E-state index contributed by atoms with van der Waals surface area (Å²) in [5.74, 6) is -0.882. The largest absolute Gasteiger partial charge is 0.445 e. The Labute approximate surface area is 180 Å². The van der Waals surface area contributed by atoms with Gasteiger partial charge in [-0.05, 0) is 26.8 Å². The fourth-order valence-electron chi connectivity index (χ4n) is 3.48. The number of carbonyl (C=O) groups excluding carboxylic acids is 2. The number of pyridine rings is 1. The number of rotatable bonds is 5. The Hall–Kier alpha value is -3.80. The van der Waals surface area contributed by atoms with Crippen LogP contribution in [0.5, 0.6) is 0 Å². The third kappa shape index (κ3) is 4.10. The Morgan fingerprint density at radius 3 is 2.16 bits per heavy atom. The van der Waals surface area contributed by atoms with Crippen molar-refractivity contribution < 1.29 is 14.3 Å². The number of benzene rings is 2. The maximum Gasteiger partial charge on any atom is 0.340 e. The van der Waals surface area contributed by atoms with Crippen LogP contribution >= 0.6 is 0 Å². The van der Waals surface area contributed by atoms with Gasteiger partial charge in [-0.3, -0.25) is 9.48 Å². The molecule has 0 amide bonds. The summed E-state index contributed by atoms with van der Waals surface area (Å²) in [5.41, 5.74) is 4.93. The lowest BCUT2D eigenvalue weighted by molar-refractivity contribution is 0.0280. The van der Waals surface area contributed by atoms with Crippen LogP contribution in [0.4, 0.5) is 0 Å². The van der Waals surface area contributed by atoms with E-state index in [2.05, 4.69) is 10.1 Å². The predicted molar refractivity (Wildman–Crippen MR) is 118 cm³/mol. The van der Waals surface area contributed by atoms with Crippen molar-refractivity contribution in [2.75, 3.05) is 0 Å². The minimum Gasteiger partial charge on any atom is -0.445 e. The van der Waals surface area contributed by atoms with Gasteiger partial charge in [-0.1, -0.05) is 59.7 Å². The molecule has 6 nitrogen and oxygen atoms in total. The van der Waals surface area contributed by atoms with E-state index in [0.29, 0.717) is 16.8 Å². The first-order valence-corrected chi connectivity index (χ1v) is 10.0. The Morgan fingerprint density at radius 1 is 0.903 bits per heavy atom. The van der Waals surface area contributed by atoms with Gasteiger partial charge in [0.05, 0.1) is 11.3 Å². The molecule has 0 aliphatic carbocycles. The molecule has 2 heterocycles. The highest BCUT2D eigenvalue weighted by molar-refractivity contribution is 6.02. The van der Waals surface area contributed by atoms with E-state index in [0.717, 1.165) is 22.2 Å². The fourth-order valence-corrected chi connectivity index (χ4v) is 3.48. The second-order valence-corrected chi connectivity index (χ2v) is 7.73. The number of fused-ring (bicyclic) bond motifs is 1. The van der Waals surface area contributed by atoms with Gasteiger partial charge in [-0.25, -0.2) is 9.78 Å². The van der Waals surface area contributed by atoms with Gasteiger partial charge < -0.3 is 4.74 Å². The quantitative estimate of drug-likeness (QED) is 0.351. The lowest BCUT2D eigenvalue weighted by Gasteiger charge is -2.18. The molecule has 0 bridgehead atoms. The van der Waals surface area contributed by atoms with Gasteiger partial charge in [0.1, 0.15) is 0 Å². The SMILES string of the molecule is Cc1ccc(C(=O)C(OC(=O)c2cnc3c(c2)c(C)nn3C)c2ccc(C)cc2)cc1. The van der Waals surface area contributed by atoms with Crippen molar-refractivity contribution in [3.8, 4) is 0 Å². The molecule has 6 heteroatoms. The summed E-state index contributed by atoms with van der Waals surface area (Å²) < 4.78 is 7.41. The molecule has 1 unspecified atom stereocenters. The maximum atomic E-state index is 13.3. The van der Waals surface area contributed by atoms with Gasteiger partial charge in [-0.2, -0.15) is 5.10 Å². The van der Waals surface area contributed by atoms with Crippen LogP contribution in [0.2, 0.25) is 0 Å². The highest BCUT2D eigenvalue weighted by Gasteiger charge is 2.27. The second-order valence-electron chi connectivity index (χ2n) is 7.73. The number of Topliss-reactive ketones (excluding diaryl/α,β-unsaturated/α-hetero) is 1. The Kier molecular flexibility index (Phi) is 5.38. The molecule has 0 aliphatic rings. The number of ether oxygens (including phenoxy) is 1. The van der Waals surface area contributed by atoms with Crippen LogP contribution < -0.4 is 0 Å². The first-order chi connectivity index (χ1) is 14.8. The number of hydrogen-bond donors (Lipinski definition) is 0. The van der Waals surface area contributed by atoms with Gasteiger partial charge in [0, 0.05) is 29.8 Å². The first-order valence-electron chi connectivity index (χ1n) is 10.0. The van der Waals surface area contributed by atoms with Gasteiger partial charge in [0.15, 0.2) is 11.8 Å².